The minimum Gasteiger partial charge on any atom is -0.368 e. The Kier molecular flexibility index (Phi) is 4.43. The van der Waals surface area contributed by atoms with Crippen molar-refractivity contribution in [1.82, 2.24) is 4.90 Å². The number of hydrogen-bond acceptors (Lipinski definition) is 4. The number of carbonyl (C=O) groups is 2. The quantitative estimate of drug-likeness (QED) is 0.883. The molecule has 2 aliphatic rings. The number of rotatable bonds is 2. The molecule has 2 aliphatic heterocycles. The Hall–Kier alpha value is -3.09. The smallest absolute Gasteiger partial charge is 0.254 e. The Labute approximate surface area is 157 Å². The third-order valence-corrected chi connectivity index (χ3v) is 5.07. The number of nitrogens with zero attached hydrogens (tertiary/aromatic N) is 3. The molecule has 0 spiro atoms. The molecule has 0 unspecified atom stereocenters. The zero-order valence-corrected chi connectivity index (χ0v) is 15.1. The van der Waals surface area contributed by atoms with E-state index in [9.17, 15) is 14.0 Å². The first-order valence-electron chi connectivity index (χ1n) is 8.96. The van der Waals surface area contributed by atoms with Gasteiger partial charge in [0.2, 0.25) is 5.91 Å². The maximum absolute atomic E-state index is 13.1. The van der Waals surface area contributed by atoms with E-state index in [2.05, 4.69) is 10.2 Å². The lowest BCUT2D eigenvalue weighted by atomic mass is 10.1. The lowest BCUT2D eigenvalue weighted by Gasteiger charge is -2.36. The van der Waals surface area contributed by atoms with Crippen LogP contribution in [-0.2, 0) is 4.79 Å². The molecule has 27 heavy (non-hydrogen) atoms. The summed E-state index contributed by atoms with van der Waals surface area (Å²) in [6, 6.07) is 11.8. The second kappa shape index (κ2) is 6.90. The predicted molar refractivity (Wildman–Crippen MR) is 103 cm³/mol. The van der Waals surface area contributed by atoms with Gasteiger partial charge in [0.1, 0.15) is 5.82 Å². The molecule has 2 aromatic rings. The van der Waals surface area contributed by atoms with E-state index in [1.54, 1.807) is 18.2 Å². The Morgan fingerprint density at radius 2 is 1.74 bits per heavy atom. The van der Waals surface area contributed by atoms with Crippen LogP contribution < -0.4 is 15.1 Å². The van der Waals surface area contributed by atoms with E-state index in [0.29, 0.717) is 44.0 Å². The minimum atomic E-state index is -0.252. The largest absolute Gasteiger partial charge is 0.368 e. The van der Waals surface area contributed by atoms with E-state index in [1.807, 2.05) is 29.0 Å². The summed E-state index contributed by atoms with van der Waals surface area (Å²) in [5.41, 5.74) is 3.11. The number of hydrogen-bond donors (Lipinski definition) is 1. The molecule has 2 aromatic carbocycles. The summed E-state index contributed by atoms with van der Waals surface area (Å²) in [5, 5.41) is 2.83. The molecule has 0 radical (unpaired) electrons. The van der Waals surface area contributed by atoms with Crippen molar-refractivity contribution in [3.8, 4) is 0 Å². The summed E-state index contributed by atoms with van der Waals surface area (Å²) >= 11 is 0. The van der Waals surface area contributed by atoms with Crippen LogP contribution in [0.1, 0.15) is 10.4 Å². The Morgan fingerprint density at radius 1 is 1.04 bits per heavy atom. The highest BCUT2D eigenvalue weighted by molar-refractivity contribution is 6.04. The molecule has 4 rings (SSSR count). The van der Waals surface area contributed by atoms with Crippen molar-refractivity contribution >= 4 is 28.9 Å². The predicted octanol–water partition coefficient (Wildman–Crippen LogP) is 2.18. The van der Waals surface area contributed by atoms with Crippen molar-refractivity contribution in [2.75, 3.05) is 54.9 Å². The molecule has 0 saturated carbocycles. The van der Waals surface area contributed by atoms with Gasteiger partial charge in [-0.2, -0.15) is 0 Å². The number of piperazine rings is 1. The Morgan fingerprint density at radius 3 is 2.44 bits per heavy atom. The number of halogens is 1. The molecule has 140 valence electrons. The molecule has 0 aliphatic carbocycles. The molecular weight excluding hydrogens is 347 g/mol. The fourth-order valence-electron chi connectivity index (χ4n) is 3.59. The van der Waals surface area contributed by atoms with Gasteiger partial charge in [-0.3, -0.25) is 9.59 Å². The van der Waals surface area contributed by atoms with Gasteiger partial charge in [0, 0.05) is 44.5 Å². The molecule has 6 nitrogen and oxygen atoms in total. The Bertz CT molecular complexity index is 876. The van der Waals surface area contributed by atoms with Crippen LogP contribution in [0.25, 0.3) is 0 Å². The number of fused-ring (bicyclic) bond motifs is 1. The third kappa shape index (κ3) is 3.45. The first kappa shape index (κ1) is 17.3. The van der Waals surface area contributed by atoms with Gasteiger partial charge in [-0.25, -0.2) is 4.39 Å². The van der Waals surface area contributed by atoms with Crippen LogP contribution in [-0.4, -0.2) is 56.5 Å². The van der Waals surface area contributed by atoms with Gasteiger partial charge in [0.25, 0.3) is 5.91 Å². The molecule has 1 saturated heterocycles. The molecule has 0 atom stereocenters. The van der Waals surface area contributed by atoms with E-state index >= 15 is 0 Å². The van der Waals surface area contributed by atoms with Crippen LogP contribution >= 0.6 is 0 Å². The summed E-state index contributed by atoms with van der Waals surface area (Å²) in [4.78, 5) is 30.4. The molecular formula is C20H21FN4O2. The Balaban J connectivity index is 1.44. The van der Waals surface area contributed by atoms with Crippen molar-refractivity contribution < 1.29 is 14.0 Å². The maximum Gasteiger partial charge on any atom is 0.254 e. The van der Waals surface area contributed by atoms with Crippen LogP contribution in [0.5, 0.6) is 0 Å². The van der Waals surface area contributed by atoms with E-state index in [4.69, 9.17) is 0 Å². The molecule has 1 fully saturated rings. The number of likely N-dealkylation sites (N-methyl/N-ethyl adjacent to an activating group) is 1. The van der Waals surface area contributed by atoms with Gasteiger partial charge in [0.15, 0.2) is 0 Å². The summed E-state index contributed by atoms with van der Waals surface area (Å²) in [6.45, 7) is 2.90. The van der Waals surface area contributed by atoms with Crippen molar-refractivity contribution in [1.29, 1.82) is 0 Å². The van der Waals surface area contributed by atoms with E-state index in [0.717, 1.165) is 11.4 Å². The summed E-state index contributed by atoms with van der Waals surface area (Å²) in [6.07, 6.45) is 0. The highest BCUT2D eigenvalue weighted by atomic mass is 19.1. The van der Waals surface area contributed by atoms with Crippen LogP contribution in [0, 0.1) is 5.82 Å². The van der Waals surface area contributed by atoms with Crippen LogP contribution in [0.3, 0.4) is 0 Å². The number of benzene rings is 2. The van der Waals surface area contributed by atoms with Gasteiger partial charge in [-0.1, -0.05) is 0 Å². The third-order valence-electron chi connectivity index (χ3n) is 5.07. The zero-order chi connectivity index (χ0) is 19.0. The van der Waals surface area contributed by atoms with Crippen molar-refractivity contribution in [3.05, 3.63) is 53.8 Å². The van der Waals surface area contributed by atoms with Crippen molar-refractivity contribution in [3.63, 3.8) is 0 Å². The maximum atomic E-state index is 13.1. The van der Waals surface area contributed by atoms with Gasteiger partial charge in [-0.15, -0.1) is 0 Å². The number of carbonyl (C=O) groups excluding carboxylic acids is 2. The van der Waals surface area contributed by atoms with Gasteiger partial charge < -0.3 is 20.0 Å². The normalized spacial score (nSPS) is 16.8. The van der Waals surface area contributed by atoms with E-state index in [1.165, 1.54) is 12.1 Å². The molecule has 0 aromatic heterocycles. The average Bonchev–Trinajstić information content (AvgIpc) is 2.67. The fraction of sp³-hybridized carbons (Fsp3) is 0.300. The fourth-order valence-corrected chi connectivity index (χ4v) is 3.59. The molecule has 0 bridgehead atoms. The molecule has 7 heteroatoms. The average molecular weight is 368 g/mol. The number of anilines is 3. The highest BCUT2D eigenvalue weighted by Gasteiger charge is 2.25. The zero-order valence-electron chi connectivity index (χ0n) is 15.1. The summed E-state index contributed by atoms with van der Waals surface area (Å²) in [7, 11) is 1.85. The lowest BCUT2D eigenvalue weighted by molar-refractivity contribution is -0.115. The van der Waals surface area contributed by atoms with Crippen LogP contribution in [0.15, 0.2) is 42.5 Å². The second-order valence-electron chi connectivity index (χ2n) is 6.89. The molecule has 1 N–H and O–H groups in total. The number of nitrogens with one attached hydrogen (secondary N) is 1. The summed E-state index contributed by atoms with van der Waals surface area (Å²) in [5.74, 6) is -0.376. The van der Waals surface area contributed by atoms with Crippen molar-refractivity contribution in [2.24, 2.45) is 0 Å². The van der Waals surface area contributed by atoms with Crippen LogP contribution in [0.2, 0.25) is 0 Å². The first-order valence-corrected chi connectivity index (χ1v) is 8.96. The van der Waals surface area contributed by atoms with Gasteiger partial charge in [0.05, 0.1) is 17.9 Å². The monoisotopic (exact) mass is 368 g/mol. The first-order chi connectivity index (χ1) is 13.0. The van der Waals surface area contributed by atoms with Crippen LogP contribution in [0.4, 0.5) is 21.5 Å². The summed E-state index contributed by atoms with van der Waals surface area (Å²) < 4.78 is 13.1. The molecule has 2 amide bonds. The van der Waals surface area contributed by atoms with E-state index in [-0.39, 0.29) is 17.6 Å². The minimum absolute atomic E-state index is 0.0426. The van der Waals surface area contributed by atoms with E-state index < -0.39 is 0 Å². The standard InChI is InChI=1S/C20H21FN4O2/c1-23-13-19(26)22-17-12-14(2-7-18(17)23)20(27)25-10-8-24(9-11-25)16-5-3-15(21)4-6-16/h2-7,12H,8-11,13H2,1H3,(H,22,26). The number of amides is 2. The molecule has 2 heterocycles. The van der Waals surface area contributed by atoms with Gasteiger partial charge >= 0.3 is 0 Å². The van der Waals surface area contributed by atoms with Crippen molar-refractivity contribution in [2.45, 2.75) is 0 Å². The SMILES string of the molecule is CN1CC(=O)Nc2cc(C(=O)N3CCN(c4ccc(F)cc4)CC3)ccc21. The van der Waals surface area contributed by atoms with Gasteiger partial charge in [-0.05, 0) is 42.5 Å². The highest BCUT2D eigenvalue weighted by Crippen LogP contribution is 2.30. The topological polar surface area (TPSA) is 55.9 Å². The lowest BCUT2D eigenvalue weighted by Crippen LogP contribution is -2.48. The second-order valence-corrected chi connectivity index (χ2v) is 6.89.